The first kappa shape index (κ1) is 16.9. The van der Waals surface area contributed by atoms with Crippen LogP contribution in [0.15, 0.2) is 5.38 Å². The van der Waals surface area contributed by atoms with Gasteiger partial charge in [0.2, 0.25) is 5.91 Å². The number of hydrogen-bond donors (Lipinski definition) is 3. The Morgan fingerprint density at radius 1 is 1.43 bits per heavy atom. The summed E-state index contributed by atoms with van der Waals surface area (Å²) in [5.41, 5.74) is -0.0416. The third-order valence-corrected chi connectivity index (χ3v) is 3.40. The summed E-state index contributed by atoms with van der Waals surface area (Å²) in [5.74, 6) is -1.35. The fourth-order valence-corrected chi connectivity index (χ4v) is 2.24. The maximum Gasteiger partial charge on any atom is 0.355 e. The number of carbonyl (C=O) groups excluding carboxylic acids is 2. The number of urea groups is 1. The minimum absolute atomic E-state index is 0.0194. The lowest BCUT2D eigenvalue weighted by atomic mass is 10.4. The van der Waals surface area contributed by atoms with Crippen molar-refractivity contribution >= 4 is 29.2 Å². The molecule has 0 radical (unpaired) electrons. The highest BCUT2D eigenvalue weighted by atomic mass is 32.1. The molecule has 116 valence electrons. The first-order valence-electron chi connectivity index (χ1n) is 6.39. The lowest BCUT2D eigenvalue weighted by Gasteiger charge is -2.21. The van der Waals surface area contributed by atoms with Crippen molar-refractivity contribution in [2.24, 2.45) is 0 Å². The Bertz CT molecular complexity index is 517. The van der Waals surface area contributed by atoms with Crippen LogP contribution in [0.25, 0.3) is 0 Å². The fourth-order valence-electron chi connectivity index (χ4n) is 1.53. The van der Waals surface area contributed by atoms with Crippen molar-refractivity contribution in [1.29, 1.82) is 0 Å². The number of rotatable bonds is 7. The van der Waals surface area contributed by atoms with Gasteiger partial charge in [0.1, 0.15) is 11.6 Å². The van der Waals surface area contributed by atoms with Crippen molar-refractivity contribution in [2.45, 2.75) is 19.9 Å². The molecule has 8 nitrogen and oxygen atoms in total. The van der Waals surface area contributed by atoms with Crippen LogP contribution in [0.3, 0.4) is 0 Å². The molecule has 9 heteroatoms. The van der Waals surface area contributed by atoms with Crippen LogP contribution >= 0.6 is 11.3 Å². The molecule has 1 heterocycles. The minimum atomic E-state index is -1.10. The fraction of sp³-hybridized carbons (Fsp3) is 0.500. The molecule has 3 amide bonds. The Morgan fingerprint density at radius 2 is 2.14 bits per heavy atom. The molecule has 21 heavy (non-hydrogen) atoms. The zero-order valence-electron chi connectivity index (χ0n) is 11.9. The van der Waals surface area contributed by atoms with Crippen LogP contribution in [0, 0.1) is 0 Å². The molecule has 1 aromatic rings. The van der Waals surface area contributed by atoms with Gasteiger partial charge in [-0.1, -0.05) is 6.92 Å². The van der Waals surface area contributed by atoms with Gasteiger partial charge in [-0.15, -0.1) is 11.3 Å². The standard InChI is InChI=1S/C12H18N4O4S/c1-3-4-16(6-9(17)13-2)12(20)14-5-10-15-8(7-21-10)11(18)19/h7H,3-6H2,1-2H3,(H,13,17)(H,14,20)(H,18,19). The summed E-state index contributed by atoms with van der Waals surface area (Å²) in [6.07, 6.45) is 0.727. The van der Waals surface area contributed by atoms with Gasteiger partial charge in [0.15, 0.2) is 5.69 Å². The van der Waals surface area contributed by atoms with E-state index in [-0.39, 0.29) is 30.7 Å². The van der Waals surface area contributed by atoms with Gasteiger partial charge < -0.3 is 20.6 Å². The smallest absolute Gasteiger partial charge is 0.355 e. The molecule has 0 aliphatic heterocycles. The summed E-state index contributed by atoms with van der Waals surface area (Å²) in [4.78, 5) is 39.3. The molecule has 1 aromatic heterocycles. The second-order valence-corrected chi connectivity index (χ2v) is 5.13. The van der Waals surface area contributed by atoms with E-state index >= 15 is 0 Å². The van der Waals surface area contributed by atoms with Gasteiger partial charge in [-0.05, 0) is 6.42 Å². The number of carboxylic acid groups (broad SMARTS) is 1. The molecule has 0 aromatic carbocycles. The van der Waals surface area contributed by atoms with E-state index in [0.29, 0.717) is 11.6 Å². The van der Waals surface area contributed by atoms with E-state index in [0.717, 1.165) is 17.8 Å². The second-order valence-electron chi connectivity index (χ2n) is 4.19. The summed E-state index contributed by atoms with van der Waals surface area (Å²) in [6.45, 7) is 2.47. The third kappa shape index (κ3) is 5.38. The number of carboxylic acids is 1. The summed E-state index contributed by atoms with van der Waals surface area (Å²) in [7, 11) is 1.51. The monoisotopic (exact) mass is 314 g/mol. The molecule has 0 saturated carbocycles. The highest BCUT2D eigenvalue weighted by Gasteiger charge is 2.16. The molecule has 0 aliphatic rings. The van der Waals surface area contributed by atoms with Gasteiger partial charge >= 0.3 is 12.0 Å². The Hall–Kier alpha value is -2.16. The minimum Gasteiger partial charge on any atom is -0.476 e. The van der Waals surface area contributed by atoms with Crippen molar-refractivity contribution < 1.29 is 19.5 Å². The zero-order valence-corrected chi connectivity index (χ0v) is 12.7. The second kappa shape index (κ2) is 8.20. The van der Waals surface area contributed by atoms with E-state index in [1.54, 1.807) is 0 Å². The van der Waals surface area contributed by atoms with E-state index < -0.39 is 5.97 Å². The van der Waals surface area contributed by atoms with Gasteiger partial charge in [0, 0.05) is 19.0 Å². The summed E-state index contributed by atoms with van der Waals surface area (Å²) >= 11 is 1.16. The molecule has 3 N–H and O–H groups in total. The van der Waals surface area contributed by atoms with Crippen molar-refractivity contribution in [1.82, 2.24) is 20.5 Å². The number of nitrogens with one attached hydrogen (secondary N) is 2. The van der Waals surface area contributed by atoms with E-state index in [1.165, 1.54) is 17.3 Å². The topological polar surface area (TPSA) is 112 Å². The van der Waals surface area contributed by atoms with Crippen LogP contribution < -0.4 is 10.6 Å². The Labute approximate surface area is 126 Å². The van der Waals surface area contributed by atoms with Crippen molar-refractivity contribution in [3.8, 4) is 0 Å². The Kier molecular flexibility index (Phi) is 6.60. The van der Waals surface area contributed by atoms with E-state index in [1.807, 2.05) is 6.92 Å². The first-order chi connectivity index (χ1) is 9.97. The van der Waals surface area contributed by atoms with Gasteiger partial charge in [-0.3, -0.25) is 4.79 Å². The SMILES string of the molecule is CCCN(CC(=O)NC)C(=O)NCc1nc(C(=O)O)cs1. The molecule has 0 saturated heterocycles. The van der Waals surface area contributed by atoms with E-state index in [4.69, 9.17) is 5.11 Å². The summed E-state index contributed by atoms with van der Waals surface area (Å²) < 4.78 is 0. The van der Waals surface area contributed by atoms with Crippen molar-refractivity contribution in [3.63, 3.8) is 0 Å². The first-order valence-corrected chi connectivity index (χ1v) is 7.27. The summed E-state index contributed by atoms with van der Waals surface area (Å²) in [5, 5.41) is 15.8. The van der Waals surface area contributed by atoms with E-state index in [2.05, 4.69) is 15.6 Å². The van der Waals surface area contributed by atoms with Crippen LogP contribution in [0.1, 0.15) is 28.8 Å². The van der Waals surface area contributed by atoms with Crippen LogP contribution in [0.5, 0.6) is 0 Å². The Balaban J connectivity index is 2.55. The maximum absolute atomic E-state index is 12.0. The zero-order chi connectivity index (χ0) is 15.8. The molecule has 1 rings (SSSR count). The van der Waals surface area contributed by atoms with Crippen LogP contribution in [-0.2, 0) is 11.3 Å². The molecule has 0 bridgehead atoms. The van der Waals surface area contributed by atoms with Crippen LogP contribution in [0.2, 0.25) is 0 Å². The van der Waals surface area contributed by atoms with Gasteiger partial charge in [-0.2, -0.15) is 0 Å². The predicted octanol–water partition coefficient (Wildman–Crippen LogP) is 0.509. The van der Waals surface area contributed by atoms with Crippen molar-refractivity contribution in [2.75, 3.05) is 20.1 Å². The largest absolute Gasteiger partial charge is 0.476 e. The number of hydrogen-bond acceptors (Lipinski definition) is 5. The third-order valence-electron chi connectivity index (χ3n) is 2.56. The number of amides is 3. The molecule has 0 atom stereocenters. The number of likely N-dealkylation sites (N-methyl/N-ethyl adjacent to an activating group) is 1. The maximum atomic E-state index is 12.0. The van der Waals surface area contributed by atoms with Gasteiger partial charge in [-0.25, -0.2) is 14.6 Å². The average Bonchev–Trinajstić information content (AvgIpc) is 2.93. The lowest BCUT2D eigenvalue weighted by molar-refractivity contribution is -0.121. The van der Waals surface area contributed by atoms with Crippen LogP contribution in [-0.4, -0.2) is 53.0 Å². The highest BCUT2D eigenvalue weighted by Crippen LogP contribution is 2.09. The number of nitrogens with zero attached hydrogens (tertiary/aromatic N) is 2. The predicted molar refractivity (Wildman–Crippen MR) is 77.2 cm³/mol. The molecule has 0 spiro atoms. The number of aromatic carboxylic acids is 1. The van der Waals surface area contributed by atoms with Gasteiger partial charge in [0.05, 0.1) is 6.54 Å². The Morgan fingerprint density at radius 3 is 2.67 bits per heavy atom. The number of aromatic nitrogens is 1. The van der Waals surface area contributed by atoms with E-state index in [9.17, 15) is 14.4 Å². The van der Waals surface area contributed by atoms with Gasteiger partial charge in [0.25, 0.3) is 0 Å². The number of thiazole rings is 1. The molecule has 0 aliphatic carbocycles. The summed E-state index contributed by atoms with van der Waals surface area (Å²) in [6, 6.07) is -0.382. The molecular formula is C12H18N4O4S. The number of carbonyl (C=O) groups is 3. The molecule has 0 unspecified atom stereocenters. The van der Waals surface area contributed by atoms with Crippen molar-refractivity contribution in [3.05, 3.63) is 16.1 Å². The normalized spacial score (nSPS) is 10.0. The molecular weight excluding hydrogens is 296 g/mol. The molecule has 0 fully saturated rings. The quantitative estimate of drug-likeness (QED) is 0.679. The lowest BCUT2D eigenvalue weighted by Crippen LogP contribution is -2.45. The van der Waals surface area contributed by atoms with Crippen LogP contribution in [0.4, 0.5) is 4.79 Å². The average molecular weight is 314 g/mol. The highest BCUT2D eigenvalue weighted by molar-refractivity contribution is 7.09.